The number of fused-ring (bicyclic) bond motifs is 2. The molecule has 1 amide bonds. The van der Waals surface area contributed by atoms with E-state index in [4.69, 9.17) is 9.15 Å². The van der Waals surface area contributed by atoms with Crippen LogP contribution in [0.5, 0.6) is 5.75 Å². The van der Waals surface area contributed by atoms with E-state index in [0.29, 0.717) is 17.9 Å². The van der Waals surface area contributed by atoms with E-state index >= 15 is 0 Å². The van der Waals surface area contributed by atoms with E-state index in [1.807, 2.05) is 0 Å². The minimum Gasteiger partial charge on any atom is -0.494 e. The average Bonchev–Trinajstić information content (AvgIpc) is 3.13. The molecule has 33 heavy (non-hydrogen) atoms. The molecule has 0 N–H and O–H groups in total. The highest BCUT2D eigenvalue weighted by Gasteiger charge is 2.44. The first kappa shape index (κ1) is 20.8. The van der Waals surface area contributed by atoms with Gasteiger partial charge in [0.25, 0.3) is 5.91 Å². The minimum absolute atomic E-state index is 0.0712. The van der Waals surface area contributed by atoms with Gasteiger partial charge in [0.15, 0.2) is 5.43 Å². The Bertz CT molecular complexity index is 1390. The normalized spacial score (nSPS) is 15.2. The molecule has 2 aromatic heterocycles. The Morgan fingerprint density at radius 2 is 1.85 bits per heavy atom. The van der Waals surface area contributed by atoms with Crippen LogP contribution in [0.25, 0.3) is 11.0 Å². The zero-order valence-electron chi connectivity index (χ0n) is 17.8. The second kappa shape index (κ2) is 8.46. The molecule has 0 fully saturated rings. The molecule has 3 heterocycles. The van der Waals surface area contributed by atoms with E-state index in [0.717, 1.165) is 18.9 Å². The van der Waals surface area contributed by atoms with Crippen molar-refractivity contribution in [2.45, 2.75) is 25.8 Å². The van der Waals surface area contributed by atoms with Crippen LogP contribution in [0.4, 0.5) is 10.3 Å². The fourth-order valence-electron chi connectivity index (χ4n) is 3.96. The maximum absolute atomic E-state index is 13.9. The summed E-state index contributed by atoms with van der Waals surface area (Å²) in [7, 11) is 0. The quantitative estimate of drug-likeness (QED) is 0.402. The molecule has 0 radical (unpaired) electrons. The number of ether oxygens (including phenoxy) is 1. The van der Waals surface area contributed by atoms with Gasteiger partial charge in [0.2, 0.25) is 11.7 Å². The van der Waals surface area contributed by atoms with Crippen molar-refractivity contribution in [3.05, 3.63) is 93.9 Å². The van der Waals surface area contributed by atoms with Gasteiger partial charge in [0.05, 0.1) is 23.6 Å². The lowest BCUT2D eigenvalue weighted by Gasteiger charge is -2.23. The summed E-state index contributed by atoms with van der Waals surface area (Å²) in [4.78, 5) is 36.6. The monoisotopic (exact) mass is 445 g/mol. The van der Waals surface area contributed by atoms with E-state index in [2.05, 4.69) is 16.9 Å². The van der Waals surface area contributed by atoms with Crippen LogP contribution in [0, 0.1) is 5.82 Å². The fraction of sp³-hybridized carbons (Fsp3) is 0.200. The molecule has 1 atom stereocenters. The lowest BCUT2D eigenvalue weighted by atomic mass is 9.98. The van der Waals surface area contributed by atoms with Crippen molar-refractivity contribution in [1.29, 1.82) is 0 Å². The number of anilines is 1. The molecule has 0 saturated heterocycles. The Hall–Kier alpha value is -4.07. The Kier molecular flexibility index (Phi) is 5.34. The van der Waals surface area contributed by atoms with E-state index in [1.165, 1.54) is 29.4 Å². The number of halogens is 1. The van der Waals surface area contributed by atoms with Crippen LogP contribution in [-0.2, 0) is 0 Å². The molecular weight excluding hydrogens is 425 g/mol. The van der Waals surface area contributed by atoms with Crippen molar-refractivity contribution in [1.82, 2.24) is 9.97 Å². The molecule has 166 valence electrons. The van der Waals surface area contributed by atoms with Gasteiger partial charge in [-0.2, -0.15) is 0 Å². The van der Waals surface area contributed by atoms with E-state index in [9.17, 15) is 14.0 Å². The minimum atomic E-state index is -0.830. The molecule has 1 aliphatic rings. The van der Waals surface area contributed by atoms with Gasteiger partial charge in [-0.3, -0.25) is 14.5 Å². The van der Waals surface area contributed by atoms with Crippen LogP contribution in [0.1, 0.15) is 47.5 Å². The number of benzene rings is 2. The summed E-state index contributed by atoms with van der Waals surface area (Å²) in [6.07, 6.45) is 4.99. The van der Waals surface area contributed by atoms with Crippen molar-refractivity contribution in [3.63, 3.8) is 0 Å². The van der Waals surface area contributed by atoms with Gasteiger partial charge < -0.3 is 9.15 Å². The third-order valence-electron chi connectivity index (χ3n) is 5.56. The van der Waals surface area contributed by atoms with Crippen LogP contribution in [-0.4, -0.2) is 22.5 Å². The second-order valence-electron chi connectivity index (χ2n) is 7.71. The fourth-order valence-corrected chi connectivity index (χ4v) is 3.96. The molecule has 5 rings (SSSR count). The zero-order valence-corrected chi connectivity index (χ0v) is 17.8. The number of nitrogens with zero attached hydrogens (tertiary/aromatic N) is 3. The van der Waals surface area contributed by atoms with Crippen molar-refractivity contribution < 1.29 is 18.3 Å². The molecule has 0 aliphatic carbocycles. The van der Waals surface area contributed by atoms with E-state index < -0.39 is 23.2 Å². The van der Waals surface area contributed by atoms with Gasteiger partial charge in [-0.1, -0.05) is 25.5 Å². The Morgan fingerprint density at radius 1 is 1.09 bits per heavy atom. The number of aromatic nitrogens is 2. The van der Waals surface area contributed by atoms with Gasteiger partial charge in [-0.15, -0.1) is 0 Å². The highest BCUT2D eigenvalue weighted by molar-refractivity contribution is 6.09. The summed E-state index contributed by atoms with van der Waals surface area (Å²) in [5.41, 5.74) is 0.458. The summed E-state index contributed by atoms with van der Waals surface area (Å²) in [6, 6.07) is 11.6. The Balaban J connectivity index is 1.67. The number of unbranched alkanes of at least 4 members (excludes halogenated alkanes) is 1. The van der Waals surface area contributed by atoms with Crippen molar-refractivity contribution in [3.8, 4) is 5.75 Å². The van der Waals surface area contributed by atoms with Gasteiger partial charge in [-0.25, -0.2) is 14.4 Å². The highest BCUT2D eigenvalue weighted by Crippen LogP contribution is 2.40. The smallest absolute Gasteiger partial charge is 0.297 e. The van der Waals surface area contributed by atoms with Crippen molar-refractivity contribution in [2.75, 3.05) is 11.5 Å². The molecule has 0 saturated carbocycles. The second-order valence-corrected chi connectivity index (χ2v) is 7.71. The van der Waals surface area contributed by atoms with Crippen LogP contribution < -0.4 is 15.1 Å². The number of hydrogen-bond donors (Lipinski definition) is 0. The Labute approximate surface area is 188 Å². The molecule has 4 aromatic rings. The maximum Gasteiger partial charge on any atom is 0.297 e. The van der Waals surface area contributed by atoms with Crippen molar-refractivity contribution in [2.24, 2.45) is 0 Å². The lowest BCUT2D eigenvalue weighted by molar-refractivity contribution is 0.0969. The molecule has 2 aromatic carbocycles. The van der Waals surface area contributed by atoms with Crippen molar-refractivity contribution >= 4 is 22.8 Å². The largest absolute Gasteiger partial charge is 0.494 e. The first-order chi connectivity index (χ1) is 16.1. The number of hydrogen-bond acceptors (Lipinski definition) is 6. The summed E-state index contributed by atoms with van der Waals surface area (Å²) >= 11 is 0. The number of carbonyl (C=O) groups is 1. The average molecular weight is 445 g/mol. The standard InChI is InChI=1S/C25H20FN3O4/c1-2-3-13-32-17-8-5-15(6-9-17)21-20-22(30)18-14-16(26)7-10-19(18)33-23(20)24(31)29(21)25-27-11-4-12-28-25/h4-12,14,21H,2-3,13H2,1H3. The zero-order chi connectivity index (χ0) is 22.9. The predicted molar refractivity (Wildman–Crippen MR) is 120 cm³/mol. The summed E-state index contributed by atoms with van der Waals surface area (Å²) in [6.45, 7) is 2.69. The van der Waals surface area contributed by atoms with Gasteiger partial charge in [0.1, 0.15) is 17.1 Å². The summed E-state index contributed by atoms with van der Waals surface area (Å²) < 4.78 is 25.4. The predicted octanol–water partition coefficient (Wildman–Crippen LogP) is 4.65. The molecule has 1 aliphatic heterocycles. The van der Waals surface area contributed by atoms with Gasteiger partial charge in [0, 0.05) is 12.4 Å². The molecule has 0 bridgehead atoms. The number of carbonyl (C=O) groups excluding carboxylic acids is 1. The molecule has 0 spiro atoms. The topological polar surface area (TPSA) is 85.5 Å². The van der Waals surface area contributed by atoms with Gasteiger partial charge >= 0.3 is 0 Å². The first-order valence-corrected chi connectivity index (χ1v) is 10.7. The van der Waals surface area contributed by atoms with E-state index in [1.54, 1.807) is 30.3 Å². The lowest BCUT2D eigenvalue weighted by Crippen LogP contribution is -2.31. The van der Waals surface area contributed by atoms with Crippen LogP contribution in [0.2, 0.25) is 0 Å². The maximum atomic E-state index is 13.9. The Morgan fingerprint density at radius 3 is 2.58 bits per heavy atom. The molecule has 1 unspecified atom stereocenters. The number of amides is 1. The highest BCUT2D eigenvalue weighted by atomic mass is 19.1. The van der Waals surface area contributed by atoms with Crippen LogP contribution in [0.3, 0.4) is 0 Å². The summed E-state index contributed by atoms with van der Waals surface area (Å²) in [5.74, 6) is -0.372. The third-order valence-corrected chi connectivity index (χ3v) is 5.56. The van der Waals surface area contributed by atoms with E-state index in [-0.39, 0.29) is 28.2 Å². The SMILES string of the molecule is CCCCOc1ccc(C2c3c(oc4ccc(F)cc4c3=O)C(=O)N2c2ncccn2)cc1. The van der Waals surface area contributed by atoms with Crippen LogP contribution in [0.15, 0.2) is 70.1 Å². The molecular formula is C25H20FN3O4. The molecule has 8 heteroatoms. The third kappa shape index (κ3) is 3.63. The number of rotatable bonds is 6. The summed E-state index contributed by atoms with van der Waals surface area (Å²) in [5, 5.41) is 0.0712. The van der Waals surface area contributed by atoms with Crippen LogP contribution >= 0.6 is 0 Å². The first-order valence-electron chi connectivity index (χ1n) is 10.7. The van der Waals surface area contributed by atoms with Gasteiger partial charge in [-0.05, 0) is 48.4 Å². The molecule has 7 nitrogen and oxygen atoms in total.